The lowest BCUT2D eigenvalue weighted by Crippen LogP contribution is -2.14. The average molecular weight is 320 g/mol. The first-order valence-electron chi connectivity index (χ1n) is 6.42. The number of aliphatic hydroxyl groups excluding tert-OH is 1. The van der Waals surface area contributed by atoms with Crippen molar-refractivity contribution in [3.8, 4) is 0 Å². The highest BCUT2D eigenvalue weighted by molar-refractivity contribution is 7.80. The number of carbonyl (C=O) groups excluding carboxylic acids is 2. The molecule has 7 heteroatoms. The summed E-state index contributed by atoms with van der Waals surface area (Å²) in [6.45, 7) is 2.87. The van der Waals surface area contributed by atoms with Gasteiger partial charge in [0.2, 0.25) is 5.76 Å². The minimum Gasteiger partial charge on any atom is -0.501 e. The third-order valence-electron chi connectivity index (χ3n) is 2.61. The zero-order valence-electron chi connectivity index (χ0n) is 12.2. The van der Waals surface area contributed by atoms with E-state index in [1.165, 1.54) is 6.92 Å². The second-order valence-electron chi connectivity index (χ2n) is 4.18. The van der Waals surface area contributed by atoms with Crippen LogP contribution in [0, 0.1) is 0 Å². The zero-order valence-corrected chi connectivity index (χ0v) is 13.0. The SMILES string of the molecule is CCOC(=O)/C(O)=C(\C=Nc1ccccc1C(N)=S)C(C)=O. The van der Waals surface area contributed by atoms with E-state index in [4.69, 9.17) is 18.0 Å². The fourth-order valence-electron chi connectivity index (χ4n) is 1.56. The molecule has 6 nitrogen and oxygen atoms in total. The van der Waals surface area contributed by atoms with Gasteiger partial charge in [-0.25, -0.2) is 4.79 Å². The normalized spacial score (nSPS) is 11.9. The number of ether oxygens (including phenoxy) is 1. The summed E-state index contributed by atoms with van der Waals surface area (Å²) >= 11 is 4.91. The highest BCUT2D eigenvalue weighted by Crippen LogP contribution is 2.18. The molecule has 0 fully saturated rings. The number of aliphatic hydroxyl groups is 1. The summed E-state index contributed by atoms with van der Waals surface area (Å²) in [6, 6.07) is 6.78. The number of benzene rings is 1. The van der Waals surface area contributed by atoms with Crippen LogP contribution in [-0.2, 0) is 14.3 Å². The number of aliphatic imine (C=N–C) groups is 1. The molecule has 0 saturated heterocycles. The van der Waals surface area contributed by atoms with Gasteiger partial charge in [-0.15, -0.1) is 0 Å². The summed E-state index contributed by atoms with van der Waals surface area (Å²) in [6.07, 6.45) is 1.09. The Morgan fingerprint density at radius 2 is 2.05 bits per heavy atom. The van der Waals surface area contributed by atoms with Crippen molar-refractivity contribution in [1.82, 2.24) is 0 Å². The van der Waals surface area contributed by atoms with Gasteiger partial charge < -0.3 is 15.6 Å². The van der Waals surface area contributed by atoms with Crippen LogP contribution in [0.25, 0.3) is 0 Å². The molecule has 0 aliphatic rings. The Kier molecular flexibility index (Phi) is 6.40. The molecule has 0 saturated carbocycles. The maximum absolute atomic E-state index is 11.6. The molecule has 0 atom stereocenters. The van der Waals surface area contributed by atoms with Gasteiger partial charge in [0.25, 0.3) is 0 Å². The van der Waals surface area contributed by atoms with Gasteiger partial charge in [0.05, 0.1) is 17.9 Å². The van der Waals surface area contributed by atoms with Crippen LogP contribution in [0.5, 0.6) is 0 Å². The Morgan fingerprint density at radius 1 is 1.41 bits per heavy atom. The molecule has 0 spiro atoms. The van der Waals surface area contributed by atoms with Crippen molar-refractivity contribution in [2.24, 2.45) is 10.7 Å². The molecule has 116 valence electrons. The molecule has 3 N–H and O–H groups in total. The molecule has 0 heterocycles. The van der Waals surface area contributed by atoms with E-state index in [1.807, 2.05) is 0 Å². The fourth-order valence-corrected chi connectivity index (χ4v) is 1.73. The van der Waals surface area contributed by atoms with Crippen LogP contribution in [-0.4, -0.2) is 34.7 Å². The molecule has 1 rings (SSSR count). The number of para-hydroxylation sites is 1. The van der Waals surface area contributed by atoms with Gasteiger partial charge in [-0.1, -0.05) is 24.4 Å². The summed E-state index contributed by atoms with van der Waals surface area (Å²) in [5.41, 5.74) is 6.27. The zero-order chi connectivity index (χ0) is 16.7. The number of ketones is 1. The molecule has 1 aromatic carbocycles. The third kappa shape index (κ3) is 4.49. The van der Waals surface area contributed by atoms with Gasteiger partial charge in [0, 0.05) is 11.8 Å². The molecule has 0 aromatic heterocycles. The molecule has 0 radical (unpaired) electrons. The summed E-state index contributed by atoms with van der Waals surface area (Å²) in [7, 11) is 0. The van der Waals surface area contributed by atoms with Crippen LogP contribution in [0.2, 0.25) is 0 Å². The van der Waals surface area contributed by atoms with Crippen LogP contribution in [0.4, 0.5) is 5.69 Å². The first-order chi connectivity index (χ1) is 10.4. The van der Waals surface area contributed by atoms with E-state index in [9.17, 15) is 14.7 Å². The Balaban J connectivity index is 3.22. The van der Waals surface area contributed by atoms with Crippen molar-refractivity contribution < 1.29 is 19.4 Å². The smallest absolute Gasteiger partial charge is 0.374 e. The van der Waals surface area contributed by atoms with Crippen molar-refractivity contribution in [2.75, 3.05) is 6.61 Å². The van der Waals surface area contributed by atoms with Crippen molar-refractivity contribution in [3.63, 3.8) is 0 Å². The molecular weight excluding hydrogens is 304 g/mol. The van der Waals surface area contributed by atoms with Crippen molar-refractivity contribution in [2.45, 2.75) is 13.8 Å². The molecular formula is C15H16N2O4S. The molecule has 0 unspecified atom stereocenters. The fraction of sp³-hybridized carbons (Fsp3) is 0.200. The van der Waals surface area contributed by atoms with Crippen LogP contribution >= 0.6 is 12.2 Å². The minimum atomic E-state index is -0.984. The summed E-state index contributed by atoms with van der Waals surface area (Å²) in [4.78, 5) is 27.3. The van der Waals surface area contributed by atoms with E-state index in [-0.39, 0.29) is 17.2 Å². The van der Waals surface area contributed by atoms with E-state index in [0.29, 0.717) is 11.3 Å². The summed E-state index contributed by atoms with van der Waals surface area (Å²) < 4.78 is 4.65. The molecule has 0 amide bonds. The molecule has 1 aromatic rings. The number of allylic oxidation sites excluding steroid dienone is 1. The highest BCUT2D eigenvalue weighted by atomic mass is 32.1. The predicted molar refractivity (Wildman–Crippen MR) is 87.5 cm³/mol. The van der Waals surface area contributed by atoms with Gasteiger partial charge in [-0.2, -0.15) is 0 Å². The van der Waals surface area contributed by atoms with Crippen molar-refractivity contribution >= 4 is 40.9 Å². The number of carbonyl (C=O) groups is 2. The molecule has 22 heavy (non-hydrogen) atoms. The Morgan fingerprint density at radius 3 is 2.59 bits per heavy atom. The highest BCUT2D eigenvalue weighted by Gasteiger charge is 2.17. The number of thiocarbonyl (C=S) groups is 1. The van der Waals surface area contributed by atoms with E-state index in [2.05, 4.69) is 9.73 Å². The van der Waals surface area contributed by atoms with Crippen LogP contribution in [0.15, 0.2) is 40.6 Å². The average Bonchev–Trinajstić information content (AvgIpc) is 2.47. The number of nitrogens with two attached hydrogens (primary N) is 1. The monoisotopic (exact) mass is 320 g/mol. The van der Waals surface area contributed by atoms with Gasteiger partial charge in [-0.05, 0) is 26.0 Å². The maximum atomic E-state index is 11.6. The number of Topliss-reactive ketones (excluding diaryl/α,β-unsaturated/α-hetero) is 1. The topological polar surface area (TPSA) is 102 Å². The standard InChI is InChI=1S/C15H16N2O4S/c1-3-21-15(20)13(19)11(9(2)18)8-17-12-7-5-4-6-10(12)14(16)22/h4-8,19H,3H2,1-2H3,(H2,16,22)/b13-11-,17-8?. The Bertz CT molecular complexity index is 665. The lowest BCUT2D eigenvalue weighted by atomic mass is 10.1. The van der Waals surface area contributed by atoms with Gasteiger partial charge in [-0.3, -0.25) is 9.79 Å². The molecule has 0 bridgehead atoms. The number of hydrogen-bond acceptors (Lipinski definition) is 6. The second kappa shape index (κ2) is 8.04. The van der Waals surface area contributed by atoms with Crippen molar-refractivity contribution in [1.29, 1.82) is 0 Å². The van der Waals surface area contributed by atoms with Gasteiger partial charge >= 0.3 is 5.97 Å². The molecule has 0 aliphatic heterocycles. The first-order valence-corrected chi connectivity index (χ1v) is 6.83. The van der Waals surface area contributed by atoms with E-state index < -0.39 is 17.5 Å². The van der Waals surface area contributed by atoms with Crippen LogP contribution < -0.4 is 5.73 Å². The Hall–Kier alpha value is -2.54. The van der Waals surface area contributed by atoms with E-state index >= 15 is 0 Å². The number of rotatable bonds is 6. The largest absolute Gasteiger partial charge is 0.501 e. The van der Waals surface area contributed by atoms with Gasteiger partial charge in [0.15, 0.2) is 5.78 Å². The first kappa shape index (κ1) is 17.5. The quantitative estimate of drug-likeness (QED) is 0.273. The van der Waals surface area contributed by atoms with Crippen molar-refractivity contribution in [3.05, 3.63) is 41.2 Å². The minimum absolute atomic E-state index is 0.0789. The second-order valence-corrected chi connectivity index (χ2v) is 4.62. The van der Waals surface area contributed by atoms with E-state index in [1.54, 1.807) is 31.2 Å². The molecule has 0 aliphatic carbocycles. The third-order valence-corrected chi connectivity index (χ3v) is 2.83. The Labute approximate surface area is 133 Å². The summed E-state index contributed by atoms with van der Waals surface area (Å²) in [5, 5.41) is 9.78. The maximum Gasteiger partial charge on any atom is 0.374 e. The number of hydrogen-bond donors (Lipinski definition) is 2. The lowest BCUT2D eigenvalue weighted by Gasteiger charge is -2.05. The van der Waals surface area contributed by atoms with Crippen LogP contribution in [0.1, 0.15) is 19.4 Å². The number of nitrogens with zero attached hydrogens (tertiary/aromatic N) is 1. The van der Waals surface area contributed by atoms with Gasteiger partial charge in [0.1, 0.15) is 4.99 Å². The summed E-state index contributed by atoms with van der Waals surface area (Å²) in [5.74, 6) is -2.30. The van der Waals surface area contributed by atoms with E-state index in [0.717, 1.165) is 6.21 Å². The predicted octanol–water partition coefficient (Wildman–Crippen LogP) is 1.99. The lowest BCUT2D eigenvalue weighted by molar-refractivity contribution is -0.141. The number of esters is 1. The van der Waals surface area contributed by atoms with Crippen LogP contribution in [0.3, 0.4) is 0 Å².